The maximum Gasteiger partial charge on any atom is 0.323 e. The first kappa shape index (κ1) is 17.7. The predicted molar refractivity (Wildman–Crippen MR) is 82.7 cm³/mol. The molecule has 2 atom stereocenters. The zero-order valence-corrected chi connectivity index (χ0v) is 14.5. The topological polar surface area (TPSA) is 61.8 Å². The molecule has 1 rings (SSSR count). The summed E-state index contributed by atoms with van der Waals surface area (Å²) in [6, 6.07) is 0. The van der Waals surface area contributed by atoms with Gasteiger partial charge in [0, 0.05) is 17.5 Å². The van der Waals surface area contributed by atoms with Crippen LogP contribution in [-0.2, 0) is 23.8 Å². The fraction of sp³-hybridized carbons (Fsp3) is 0.857. The van der Waals surface area contributed by atoms with E-state index in [1.165, 1.54) is 14.2 Å². The third-order valence-electron chi connectivity index (χ3n) is 3.87. The van der Waals surface area contributed by atoms with Gasteiger partial charge in [-0.05, 0) is 18.8 Å². The number of unbranched alkanes of at least 4 members (excludes halogenated alkanes) is 1. The Morgan fingerprint density at radius 2 is 1.80 bits per heavy atom. The van der Waals surface area contributed by atoms with E-state index < -0.39 is 17.4 Å². The minimum absolute atomic E-state index is 0.0864. The highest BCUT2D eigenvalue weighted by Crippen LogP contribution is 2.46. The van der Waals surface area contributed by atoms with E-state index in [1.807, 2.05) is 0 Å². The number of ether oxygens (including phenoxy) is 3. The summed E-state index contributed by atoms with van der Waals surface area (Å²) in [6.45, 7) is 2.76. The smallest absolute Gasteiger partial charge is 0.323 e. The quantitative estimate of drug-likeness (QED) is 0.217. The maximum absolute atomic E-state index is 12.1. The van der Waals surface area contributed by atoms with Gasteiger partial charge in [0.1, 0.15) is 0 Å². The van der Waals surface area contributed by atoms with Gasteiger partial charge in [-0.15, -0.1) is 0 Å². The van der Waals surface area contributed by atoms with Crippen LogP contribution in [0.25, 0.3) is 0 Å². The Bertz CT molecular complexity index is 328. The normalized spacial score (nSPS) is 24.4. The number of halogens is 1. The van der Waals surface area contributed by atoms with Crippen LogP contribution in [0.5, 0.6) is 0 Å². The molecule has 0 saturated heterocycles. The number of methoxy groups -OCH3 is 2. The molecule has 0 aromatic heterocycles. The molecule has 116 valence electrons. The van der Waals surface area contributed by atoms with Gasteiger partial charge in [0.05, 0.1) is 20.3 Å². The first-order chi connectivity index (χ1) is 9.55. The summed E-state index contributed by atoms with van der Waals surface area (Å²) in [4.78, 5) is 24.2. The average molecular weight is 398 g/mol. The van der Waals surface area contributed by atoms with Crippen molar-refractivity contribution in [3.63, 3.8) is 0 Å². The van der Waals surface area contributed by atoms with Crippen LogP contribution in [0.3, 0.4) is 0 Å². The highest BCUT2D eigenvalue weighted by molar-refractivity contribution is 14.1. The average Bonchev–Trinajstić information content (AvgIpc) is 2.86. The Morgan fingerprint density at radius 3 is 2.25 bits per heavy atom. The van der Waals surface area contributed by atoms with Crippen LogP contribution >= 0.6 is 22.6 Å². The van der Waals surface area contributed by atoms with Gasteiger partial charge in [-0.2, -0.15) is 0 Å². The second kappa shape index (κ2) is 8.17. The summed E-state index contributed by atoms with van der Waals surface area (Å²) in [5.74, 6) is -0.854. The fourth-order valence-electron chi connectivity index (χ4n) is 2.71. The van der Waals surface area contributed by atoms with Crippen molar-refractivity contribution in [2.45, 2.75) is 38.7 Å². The van der Waals surface area contributed by atoms with Gasteiger partial charge in [0.15, 0.2) is 5.41 Å². The molecule has 20 heavy (non-hydrogen) atoms. The molecular formula is C14H23IO5. The van der Waals surface area contributed by atoms with Crippen LogP contribution in [0.4, 0.5) is 0 Å². The highest BCUT2D eigenvalue weighted by atomic mass is 127. The first-order valence-electron chi connectivity index (χ1n) is 6.90. The summed E-state index contributed by atoms with van der Waals surface area (Å²) in [7, 11) is 2.61. The van der Waals surface area contributed by atoms with Crippen LogP contribution in [0.2, 0.25) is 0 Å². The molecule has 0 amide bonds. The monoisotopic (exact) mass is 398 g/mol. The number of alkyl halides is 1. The van der Waals surface area contributed by atoms with Gasteiger partial charge in [0.25, 0.3) is 0 Å². The van der Waals surface area contributed by atoms with Gasteiger partial charge < -0.3 is 14.2 Å². The molecule has 0 spiro atoms. The van der Waals surface area contributed by atoms with Crippen molar-refractivity contribution in [3.05, 3.63) is 0 Å². The zero-order valence-electron chi connectivity index (χ0n) is 12.3. The van der Waals surface area contributed by atoms with Crippen LogP contribution in [-0.4, -0.2) is 43.3 Å². The standard InChI is InChI=1S/C14H23IO5/c1-4-5-6-20-11-8-14(12(16)18-2,13(17)19-3)7-10(11)9-15/h10-11H,4-9H2,1-3H3/t10?,11-/m0/s1. The van der Waals surface area contributed by atoms with E-state index >= 15 is 0 Å². The lowest BCUT2D eigenvalue weighted by molar-refractivity contribution is -0.169. The number of carbonyl (C=O) groups is 2. The highest BCUT2D eigenvalue weighted by Gasteiger charge is 2.57. The molecule has 5 nitrogen and oxygen atoms in total. The Hall–Kier alpha value is -0.370. The number of hydrogen-bond acceptors (Lipinski definition) is 5. The predicted octanol–water partition coefficient (Wildman–Crippen LogP) is 2.35. The lowest BCUT2D eigenvalue weighted by atomic mass is 9.85. The van der Waals surface area contributed by atoms with Crippen molar-refractivity contribution in [2.75, 3.05) is 25.3 Å². The van der Waals surface area contributed by atoms with Crippen molar-refractivity contribution in [3.8, 4) is 0 Å². The summed E-state index contributed by atoms with van der Waals surface area (Å²) in [6.07, 6.45) is 2.74. The second-order valence-corrected chi connectivity index (χ2v) is 6.03. The van der Waals surface area contributed by atoms with E-state index in [1.54, 1.807) is 0 Å². The Balaban J connectivity index is 2.87. The maximum atomic E-state index is 12.1. The van der Waals surface area contributed by atoms with E-state index in [9.17, 15) is 9.59 Å². The molecule has 6 heteroatoms. The number of rotatable bonds is 7. The van der Waals surface area contributed by atoms with Crippen molar-refractivity contribution < 1.29 is 23.8 Å². The number of carbonyl (C=O) groups excluding carboxylic acids is 2. The van der Waals surface area contributed by atoms with Gasteiger partial charge in [0.2, 0.25) is 0 Å². The molecule has 0 bridgehead atoms. The summed E-state index contributed by atoms with van der Waals surface area (Å²) in [5.41, 5.74) is -1.20. The lowest BCUT2D eigenvalue weighted by Gasteiger charge is -2.23. The third-order valence-corrected chi connectivity index (χ3v) is 5.00. The van der Waals surface area contributed by atoms with Crippen molar-refractivity contribution >= 4 is 34.5 Å². The third kappa shape index (κ3) is 3.63. The lowest BCUT2D eigenvalue weighted by Crippen LogP contribution is -2.39. The minimum Gasteiger partial charge on any atom is -0.468 e. The van der Waals surface area contributed by atoms with E-state index in [4.69, 9.17) is 14.2 Å². The van der Waals surface area contributed by atoms with E-state index in [0.29, 0.717) is 19.4 Å². The molecule has 1 saturated carbocycles. The summed E-state index contributed by atoms with van der Waals surface area (Å²) in [5, 5.41) is 0. The Labute approximate surface area is 133 Å². The van der Waals surface area contributed by atoms with Crippen molar-refractivity contribution in [2.24, 2.45) is 11.3 Å². The second-order valence-electron chi connectivity index (χ2n) is 5.15. The molecule has 0 heterocycles. The molecule has 0 N–H and O–H groups in total. The molecule has 0 radical (unpaired) electrons. The molecule has 0 aliphatic heterocycles. The zero-order chi connectivity index (χ0) is 15.2. The first-order valence-corrected chi connectivity index (χ1v) is 8.42. The largest absolute Gasteiger partial charge is 0.468 e. The molecule has 1 aliphatic rings. The molecule has 0 aromatic rings. The van der Waals surface area contributed by atoms with E-state index in [2.05, 4.69) is 29.5 Å². The van der Waals surface area contributed by atoms with Crippen LogP contribution in [0.15, 0.2) is 0 Å². The minimum atomic E-state index is -1.20. The molecule has 1 fully saturated rings. The van der Waals surface area contributed by atoms with Crippen LogP contribution < -0.4 is 0 Å². The van der Waals surface area contributed by atoms with Gasteiger partial charge in [-0.25, -0.2) is 0 Å². The van der Waals surface area contributed by atoms with Crippen molar-refractivity contribution in [1.82, 2.24) is 0 Å². The molecule has 1 aliphatic carbocycles. The van der Waals surface area contributed by atoms with Gasteiger partial charge in [-0.1, -0.05) is 35.9 Å². The van der Waals surface area contributed by atoms with Crippen LogP contribution in [0.1, 0.15) is 32.6 Å². The summed E-state index contributed by atoms with van der Waals surface area (Å²) >= 11 is 2.27. The molecular weight excluding hydrogens is 375 g/mol. The van der Waals surface area contributed by atoms with Gasteiger partial charge >= 0.3 is 11.9 Å². The Kier molecular flexibility index (Phi) is 7.22. The molecule has 0 aromatic carbocycles. The van der Waals surface area contributed by atoms with E-state index in [0.717, 1.165) is 17.3 Å². The molecule has 1 unspecified atom stereocenters. The number of hydrogen-bond donors (Lipinski definition) is 0. The summed E-state index contributed by atoms with van der Waals surface area (Å²) < 4.78 is 16.4. The van der Waals surface area contributed by atoms with Gasteiger partial charge in [-0.3, -0.25) is 9.59 Å². The number of esters is 2. The fourth-order valence-corrected chi connectivity index (χ4v) is 3.59. The van der Waals surface area contributed by atoms with Crippen LogP contribution in [0, 0.1) is 11.3 Å². The van der Waals surface area contributed by atoms with Crippen molar-refractivity contribution in [1.29, 1.82) is 0 Å². The SMILES string of the molecule is CCCCO[C@H]1CC(C(=O)OC)(C(=O)OC)CC1CI. The Morgan fingerprint density at radius 1 is 1.20 bits per heavy atom. The van der Waals surface area contributed by atoms with E-state index in [-0.39, 0.29) is 12.0 Å².